The van der Waals surface area contributed by atoms with E-state index in [1.54, 1.807) is 0 Å². The van der Waals surface area contributed by atoms with Crippen LogP contribution in [0.25, 0.3) is 0 Å². The number of β-amino-alcohol motifs (C(OH)–C–C–N with tert-alkyl or cyclic N) is 1. The van der Waals surface area contributed by atoms with E-state index in [1.807, 2.05) is 18.2 Å². The first-order valence-corrected chi connectivity index (χ1v) is 7.32. The maximum atomic E-state index is 10.2. The number of nitrogens with one attached hydrogen (secondary N) is 1. The van der Waals surface area contributed by atoms with Crippen LogP contribution >= 0.6 is 0 Å². The van der Waals surface area contributed by atoms with Crippen LogP contribution in [-0.2, 0) is 6.42 Å². The summed E-state index contributed by atoms with van der Waals surface area (Å²) < 4.78 is 0. The third-order valence-corrected chi connectivity index (χ3v) is 4.25. The maximum Gasteiger partial charge on any atom is 0.0818 e. The van der Waals surface area contributed by atoms with Crippen LogP contribution < -0.4 is 11.1 Å². The molecule has 1 aliphatic carbocycles. The highest BCUT2D eigenvalue weighted by Gasteiger charge is 2.29. The fraction of sp³-hybridized carbons (Fsp3) is 0.625. The van der Waals surface area contributed by atoms with Gasteiger partial charge in [0.05, 0.1) is 6.10 Å². The first-order chi connectivity index (χ1) is 9.09. The summed E-state index contributed by atoms with van der Waals surface area (Å²) in [7, 11) is 0. The van der Waals surface area contributed by atoms with E-state index in [-0.39, 0.29) is 11.6 Å². The lowest BCUT2D eigenvalue weighted by molar-refractivity contribution is 0.129. The average Bonchev–Trinajstić information content (AvgIpc) is 2.84. The Hall–Kier alpha value is -0.900. The van der Waals surface area contributed by atoms with Crippen molar-refractivity contribution in [1.82, 2.24) is 5.32 Å². The molecule has 1 aromatic rings. The topological polar surface area (TPSA) is 58.3 Å². The van der Waals surface area contributed by atoms with E-state index in [4.69, 9.17) is 5.73 Å². The Balaban J connectivity index is 1.77. The lowest BCUT2D eigenvalue weighted by atomic mass is 9.98. The Bertz CT molecular complexity index is 374. The summed E-state index contributed by atoms with van der Waals surface area (Å²) in [6, 6.07) is 9.91. The van der Waals surface area contributed by atoms with Gasteiger partial charge in [0.25, 0.3) is 0 Å². The largest absolute Gasteiger partial charge is 0.390 e. The van der Waals surface area contributed by atoms with Gasteiger partial charge >= 0.3 is 0 Å². The molecule has 1 fully saturated rings. The molecule has 106 valence electrons. The zero-order valence-electron chi connectivity index (χ0n) is 11.8. The third-order valence-electron chi connectivity index (χ3n) is 4.25. The zero-order chi connectivity index (χ0) is 13.7. The molecule has 0 spiro atoms. The van der Waals surface area contributed by atoms with Gasteiger partial charge in [-0.05, 0) is 31.7 Å². The number of benzene rings is 1. The quantitative estimate of drug-likeness (QED) is 0.733. The summed E-state index contributed by atoms with van der Waals surface area (Å²) in [6.45, 7) is 2.83. The highest BCUT2D eigenvalue weighted by Crippen LogP contribution is 2.28. The van der Waals surface area contributed by atoms with Crippen molar-refractivity contribution >= 4 is 0 Å². The molecular weight excluding hydrogens is 236 g/mol. The molecule has 19 heavy (non-hydrogen) atoms. The maximum absolute atomic E-state index is 10.2. The van der Waals surface area contributed by atoms with Crippen LogP contribution in [0.2, 0.25) is 0 Å². The highest BCUT2D eigenvalue weighted by atomic mass is 16.3. The molecule has 1 aromatic carbocycles. The molecule has 4 N–H and O–H groups in total. The number of hydrogen-bond acceptors (Lipinski definition) is 3. The van der Waals surface area contributed by atoms with Crippen LogP contribution in [0, 0.1) is 0 Å². The minimum Gasteiger partial charge on any atom is -0.390 e. The van der Waals surface area contributed by atoms with Gasteiger partial charge in [-0.15, -0.1) is 0 Å². The normalized spacial score (nSPS) is 21.2. The molecule has 1 saturated carbocycles. The van der Waals surface area contributed by atoms with E-state index in [1.165, 1.54) is 31.2 Å². The predicted molar refractivity (Wildman–Crippen MR) is 79.0 cm³/mol. The molecule has 3 nitrogen and oxygen atoms in total. The zero-order valence-corrected chi connectivity index (χ0v) is 11.8. The lowest BCUT2D eigenvalue weighted by Gasteiger charge is -2.28. The molecular formula is C16H26N2O. The number of rotatable bonds is 6. The second-order valence-corrected chi connectivity index (χ2v) is 6.07. The standard InChI is InChI=1S/C16H26N2O/c1-16(9-5-6-10-16)18-12-15(19)14(17)11-13-7-3-2-4-8-13/h2-4,7-8,14-15,18-19H,5-6,9-12,17H2,1H3/t14-,15+/m0/s1. The molecule has 0 aliphatic heterocycles. The molecule has 0 bridgehead atoms. The SMILES string of the molecule is CC1(NC[C@@H](O)[C@@H](N)Cc2ccccc2)CCCC1. The minimum absolute atomic E-state index is 0.202. The smallest absolute Gasteiger partial charge is 0.0818 e. The second-order valence-electron chi connectivity index (χ2n) is 6.07. The van der Waals surface area contributed by atoms with Gasteiger partial charge in [-0.1, -0.05) is 43.2 Å². The Morgan fingerprint density at radius 2 is 1.89 bits per heavy atom. The van der Waals surface area contributed by atoms with Crippen LogP contribution in [0.1, 0.15) is 38.2 Å². The summed E-state index contributed by atoms with van der Waals surface area (Å²) in [4.78, 5) is 0. The van der Waals surface area contributed by atoms with Crippen molar-refractivity contribution in [3.8, 4) is 0 Å². The van der Waals surface area contributed by atoms with Crippen molar-refractivity contribution in [2.24, 2.45) is 5.73 Å². The van der Waals surface area contributed by atoms with Crippen LogP contribution in [0.15, 0.2) is 30.3 Å². The molecule has 2 rings (SSSR count). The molecule has 0 saturated heterocycles. The van der Waals surface area contributed by atoms with Crippen LogP contribution in [0.4, 0.5) is 0 Å². The average molecular weight is 262 g/mol. The van der Waals surface area contributed by atoms with Gasteiger partial charge < -0.3 is 16.2 Å². The first kappa shape index (κ1) is 14.5. The highest BCUT2D eigenvalue weighted by molar-refractivity contribution is 5.16. The van der Waals surface area contributed by atoms with Gasteiger partial charge in [-0.2, -0.15) is 0 Å². The third kappa shape index (κ3) is 4.30. The van der Waals surface area contributed by atoms with Gasteiger partial charge in [0, 0.05) is 18.1 Å². The van der Waals surface area contributed by atoms with Gasteiger partial charge in [-0.3, -0.25) is 0 Å². The summed E-state index contributed by atoms with van der Waals surface area (Å²) in [5.74, 6) is 0. The van der Waals surface area contributed by atoms with Gasteiger partial charge in [0.15, 0.2) is 0 Å². The van der Waals surface area contributed by atoms with Crippen molar-refractivity contribution < 1.29 is 5.11 Å². The molecule has 0 amide bonds. The molecule has 0 heterocycles. The number of hydrogen-bond donors (Lipinski definition) is 3. The number of aliphatic hydroxyl groups is 1. The lowest BCUT2D eigenvalue weighted by Crippen LogP contribution is -2.49. The fourth-order valence-electron chi connectivity index (χ4n) is 2.86. The van der Waals surface area contributed by atoms with Gasteiger partial charge in [0.2, 0.25) is 0 Å². The molecule has 1 aliphatic rings. The van der Waals surface area contributed by atoms with Crippen molar-refractivity contribution in [2.75, 3.05) is 6.54 Å². The van der Waals surface area contributed by atoms with Crippen LogP contribution in [0.3, 0.4) is 0 Å². The van der Waals surface area contributed by atoms with E-state index in [2.05, 4.69) is 24.4 Å². The van der Waals surface area contributed by atoms with Crippen molar-refractivity contribution in [3.05, 3.63) is 35.9 Å². The molecule has 2 atom stereocenters. The Kier molecular flexibility index (Phi) is 4.97. The molecule has 0 radical (unpaired) electrons. The molecule has 0 unspecified atom stereocenters. The van der Waals surface area contributed by atoms with E-state index in [0.29, 0.717) is 6.54 Å². The van der Waals surface area contributed by atoms with Crippen molar-refractivity contribution in [3.63, 3.8) is 0 Å². The molecule has 3 heteroatoms. The fourth-order valence-corrected chi connectivity index (χ4v) is 2.86. The summed E-state index contributed by atoms with van der Waals surface area (Å²) in [5, 5.41) is 13.7. The number of nitrogens with two attached hydrogens (primary N) is 1. The van der Waals surface area contributed by atoms with E-state index < -0.39 is 6.10 Å². The Labute approximate surface area is 116 Å². The Morgan fingerprint density at radius 1 is 1.26 bits per heavy atom. The van der Waals surface area contributed by atoms with Crippen LogP contribution in [0.5, 0.6) is 0 Å². The van der Waals surface area contributed by atoms with Crippen molar-refractivity contribution in [1.29, 1.82) is 0 Å². The second kappa shape index (κ2) is 6.51. The van der Waals surface area contributed by atoms with Crippen molar-refractivity contribution in [2.45, 2.75) is 56.7 Å². The monoisotopic (exact) mass is 262 g/mol. The number of aliphatic hydroxyl groups excluding tert-OH is 1. The summed E-state index contributed by atoms with van der Waals surface area (Å²) in [5.41, 5.74) is 7.47. The predicted octanol–water partition coefficient (Wildman–Crippen LogP) is 1.84. The molecule has 0 aromatic heterocycles. The summed E-state index contributed by atoms with van der Waals surface area (Å²) >= 11 is 0. The van der Waals surface area contributed by atoms with Crippen LogP contribution in [-0.4, -0.2) is 29.3 Å². The minimum atomic E-state index is -0.488. The summed E-state index contributed by atoms with van der Waals surface area (Å²) in [6.07, 6.45) is 5.21. The van der Waals surface area contributed by atoms with Gasteiger partial charge in [0.1, 0.15) is 0 Å². The Morgan fingerprint density at radius 3 is 2.53 bits per heavy atom. The van der Waals surface area contributed by atoms with E-state index in [0.717, 1.165) is 6.42 Å². The van der Waals surface area contributed by atoms with E-state index >= 15 is 0 Å². The first-order valence-electron chi connectivity index (χ1n) is 7.32. The van der Waals surface area contributed by atoms with E-state index in [9.17, 15) is 5.11 Å². The van der Waals surface area contributed by atoms with Gasteiger partial charge in [-0.25, -0.2) is 0 Å².